The van der Waals surface area contributed by atoms with Crippen LogP contribution in [0.5, 0.6) is 0 Å². The van der Waals surface area contributed by atoms with Gasteiger partial charge in [-0.3, -0.25) is 0 Å². The van der Waals surface area contributed by atoms with Crippen molar-refractivity contribution < 1.29 is 8.42 Å². The molecule has 0 spiro atoms. The second-order valence-corrected chi connectivity index (χ2v) is 11.0. The maximum Gasteiger partial charge on any atom is 0.212 e. The topological polar surface area (TPSA) is 46.2 Å². The van der Waals surface area contributed by atoms with Crippen LogP contribution in [0.15, 0.2) is 84.9 Å². The minimum atomic E-state index is -3.51. The predicted octanol–water partition coefficient (Wildman–Crippen LogP) is 5.95. The lowest BCUT2D eigenvalue weighted by Crippen LogP contribution is -2.43. The molecule has 0 aliphatic carbocycles. The molecule has 0 aromatic heterocycles. The van der Waals surface area contributed by atoms with Gasteiger partial charge in [-0.15, -0.1) is 0 Å². The molecular weight excluding hydrogens is 426 g/mol. The lowest BCUT2D eigenvalue weighted by atomic mass is 9.87. The zero-order valence-electron chi connectivity index (χ0n) is 18.3. The Bertz CT molecular complexity index is 1070. The summed E-state index contributed by atoms with van der Waals surface area (Å²) >= 11 is 6.04. The molecule has 31 heavy (non-hydrogen) atoms. The number of benzene rings is 3. The van der Waals surface area contributed by atoms with Gasteiger partial charge >= 0.3 is 0 Å². The molecule has 3 aromatic rings. The predicted molar refractivity (Wildman–Crippen MR) is 130 cm³/mol. The SMILES string of the molecule is CC(NS(=O)(=O)CC(C)(C)c1ccccc1)C(Cc1ccc(Cl)cc1)c1ccccc1. The second-order valence-electron chi connectivity index (χ2n) is 8.76. The maximum atomic E-state index is 13.1. The maximum absolute atomic E-state index is 13.1. The third kappa shape index (κ3) is 6.67. The van der Waals surface area contributed by atoms with Crippen LogP contribution >= 0.6 is 11.6 Å². The van der Waals surface area contributed by atoms with E-state index in [0.717, 1.165) is 16.7 Å². The fourth-order valence-electron chi connectivity index (χ4n) is 4.01. The molecule has 0 heterocycles. The van der Waals surface area contributed by atoms with Crippen molar-refractivity contribution >= 4 is 21.6 Å². The normalized spacial score (nSPS) is 14.2. The fourth-order valence-corrected chi connectivity index (χ4v) is 6.07. The van der Waals surface area contributed by atoms with Gasteiger partial charge in [0.25, 0.3) is 0 Å². The summed E-state index contributed by atoms with van der Waals surface area (Å²) < 4.78 is 29.2. The van der Waals surface area contributed by atoms with Crippen LogP contribution < -0.4 is 4.72 Å². The molecule has 0 radical (unpaired) electrons. The molecule has 0 amide bonds. The summed E-state index contributed by atoms with van der Waals surface area (Å²) in [5, 5.41) is 0.692. The first kappa shape index (κ1) is 23.5. The van der Waals surface area contributed by atoms with Crippen molar-refractivity contribution in [1.29, 1.82) is 0 Å². The van der Waals surface area contributed by atoms with Crippen molar-refractivity contribution in [2.24, 2.45) is 0 Å². The Morgan fingerprint density at radius 3 is 2.00 bits per heavy atom. The van der Waals surface area contributed by atoms with E-state index >= 15 is 0 Å². The molecule has 2 atom stereocenters. The van der Waals surface area contributed by atoms with E-state index in [9.17, 15) is 8.42 Å². The van der Waals surface area contributed by atoms with Gasteiger partial charge < -0.3 is 0 Å². The molecule has 2 unspecified atom stereocenters. The Morgan fingerprint density at radius 1 is 0.871 bits per heavy atom. The number of nitrogens with one attached hydrogen (secondary N) is 1. The first-order chi connectivity index (χ1) is 14.7. The highest BCUT2D eigenvalue weighted by molar-refractivity contribution is 7.89. The van der Waals surface area contributed by atoms with Crippen molar-refractivity contribution in [1.82, 2.24) is 4.72 Å². The molecule has 3 aromatic carbocycles. The molecule has 164 valence electrons. The summed E-state index contributed by atoms with van der Waals surface area (Å²) in [6.45, 7) is 5.88. The number of hydrogen-bond donors (Lipinski definition) is 1. The van der Waals surface area contributed by atoms with E-state index in [2.05, 4.69) is 16.9 Å². The standard InChI is InChI=1S/C26H30ClNO2S/c1-20(28-31(29,30)19-26(2,3)23-12-8-5-9-13-23)25(22-10-6-4-7-11-22)18-21-14-16-24(27)17-15-21/h4-17,20,25,28H,18-19H2,1-3H3. The lowest BCUT2D eigenvalue weighted by Gasteiger charge is -2.29. The minimum absolute atomic E-state index is 0.00279. The summed E-state index contributed by atoms with van der Waals surface area (Å²) in [6, 6.07) is 27.3. The first-order valence-electron chi connectivity index (χ1n) is 10.5. The van der Waals surface area contributed by atoms with Gasteiger partial charge in [-0.2, -0.15) is 0 Å². The summed E-state index contributed by atoms with van der Waals surface area (Å²) in [5.41, 5.74) is 2.74. The van der Waals surface area contributed by atoms with Crippen molar-refractivity contribution in [2.75, 3.05) is 5.75 Å². The number of halogens is 1. The summed E-state index contributed by atoms with van der Waals surface area (Å²) in [7, 11) is -3.51. The summed E-state index contributed by atoms with van der Waals surface area (Å²) in [5.74, 6) is 0.0218. The third-order valence-corrected chi connectivity index (χ3v) is 7.76. The van der Waals surface area contributed by atoms with E-state index in [0.29, 0.717) is 11.4 Å². The highest BCUT2D eigenvalue weighted by Crippen LogP contribution is 2.28. The van der Waals surface area contributed by atoms with Crippen molar-refractivity contribution in [3.8, 4) is 0 Å². The Hall–Kier alpha value is -2.14. The molecule has 3 nitrogen and oxygen atoms in total. The minimum Gasteiger partial charge on any atom is -0.212 e. The Labute approximate surface area is 191 Å². The van der Waals surface area contributed by atoms with Gasteiger partial charge in [-0.1, -0.05) is 98.2 Å². The molecule has 3 rings (SSSR count). The van der Waals surface area contributed by atoms with Crippen LogP contribution in [-0.4, -0.2) is 20.2 Å². The van der Waals surface area contributed by atoms with Gasteiger partial charge in [0.2, 0.25) is 10.0 Å². The molecule has 0 saturated carbocycles. The quantitative estimate of drug-likeness (QED) is 0.433. The Kier molecular flexibility index (Phi) is 7.58. The highest BCUT2D eigenvalue weighted by atomic mass is 35.5. The molecule has 5 heteroatoms. The van der Waals surface area contributed by atoms with Gasteiger partial charge in [0.15, 0.2) is 0 Å². The van der Waals surface area contributed by atoms with E-state index < -0.39 is 15.4 Å². The van der Waals surface area contributed by atoms with Crippen molar-refractivity contribution in [3.63, 3.8) is 0 Å². The third-order valence-electron chi connectivity index (χ3n) is 5.67. The summed E-state index contributed by atoms with van der Waals surface area (Å²) in [4.78, 5) is 0. The molecule has 0 saturated heterocycles. The van der Waals surface area contributed by atoms with Crippen LogP contribution in [0, 0.1) is 0 Å². The van der Waals surface area contributed by atoms with Crippen molar-refractivity contribution in [2.45, 2.75) is 44.6 Å². The van der Waals surface area contributed by atoms with Crippen LogP contribution in [0.25, 0.3) is 0 Å². The van der Waals surface area contributed by atoms with Gasteiger partial charge in [-0.05, 0) is 42.2 Å². The average Bonchev–Trinajstić information content (AvgIpc) is 2.73. The monoisotopic (exact) mass is 455 g/mol. The summed E-state index contributed by atoms with van der Waals surface area (Å²) in [6.07, 6.45) is 0.715. The average molecular weight is 456 g/mol. The largest absolute Gasteiger partial charge is 0.212 e. The van der Waals surface area contributed by atoms with Crippen LogP contribution in [0.4, 0.5) is 0 Å². The molecular formula is C26H30ClNO2S. The fraction of sp³-hybridized carbons (Fsp3) is 0.308. The van der Waals surface area contributed by atoms with Gasteiger partial charge in [0.05, 0.1) is 5.75 Å². The first-order valence-corrected chi connectivity index (χ1v) is 12.5. The molecule has 0 bridgehead atoms. The Morgan fingerprint density at radius 2 is 1.42 bits per heavy atom. The Balaban J connectivity index is 1.80. The smallest absolute Gasteiger partial charge is 0.212 e. The van der Waals surface area contributed by atoms with E-state index in [-0.39, 0.29) is 17.7 Å². The van der Waals surface area contributed by atoms with Crippen molar-refractivity contribution in [3.05, 3.63) is 107 Å². The van der Waals surface area contributed by atoms with Crippen LogP contribution in [0.3, 0.4) is 0 Å². The number of sulfonamides is 1. The van der Waals surface area contributed by atoms with Gasteiger partial charge in [0.1, 0.15) is 0 Å². The van der Waals surface area contributed by atoms with Gasteiger partial charge in [0, 0.05) is 22.4 Å². The highest BCUT2D eigenvalue weighted by Gasteiger charge is 2.31. The van der Waals surface area contributed by atoms with E-state index in [4.69, 9.17) is 11.6 Å². The van der Waals surface area contributed by atoms with E-state index in [1.807, 2.05) is 93.6 Å². The lowest BCUT2D eigenvalue weighted by molar-refractivity contribution is 0.490. The van der Waals surface area contributed by atoms with E-state index in [1.165, 1.54) is 0 Å². The second kappa shape index (κ2) is 9.99. The molecule has 1 N–H and O–H groups in total. The zero-order valence-corrected chi connectivity index (χ0v) is 19.8. The van der Waals surface area contributed by atoms with Crippen LogP contribution in [0.1, 0.15) is 43.4 Å². The zero-order chi connectivity index (χ0) is 22.5. The number of rotatable bonds is 9. The number of hydrogen-bond acceptors (Lipinski definition) is 2. The molecule has 0 aliphatic heterocycles. The van der Waals surface area contributed by atoms with Crippen LogP contribution in [0.2, 0.25) is 5.02 Å². The molecule has 0 aliphatic rings. The van der Waals surface area contributed by atoms with Crippen LogP contribution in [-0.2, 0) is 21.9 Å². The van der Waals surface area contributed by atoms with E-state index in [1.54, 1.807) is 0 Å². The van der Waals surface area contributed by atoms with Gasteiger partial charge in [-0.25, -0.2) is 13.1 Å². The molecule has 0 fully saturated rings.